The normalized spacial score (nSPS) is 11.3. The van der Waals surface area contributed by atoms with Gasteiger partial charge in [0.1, 0.15) is 0 Å². The maximum absolute atomic E-state index is 2.34. The molecule has 6 aromatic rings. The van der Waals surface area contributed by atoms with Gasteiger partial charge in [0.2, 0.25) is 0 Å². The van der Waals surface area contributed by atoms with Gasteiger partial charge in [-0.15, -0.1) is 69.1 Å². The van der Waals surface area contributed by atoms with Gasteiger partial charge < -0.3 is 0 Å². The summed E-state index contributed by atoms with van der Waals surface area (Å²) in [6, 6.07) is 40.6. The Morgan fingerprint density at radius 3 is 1.13 bits per heavy atom. The SMILES string of the molecule is CCc1cc2c(-c3ccc(C(C)(C)C)cc3)cccc2[cH-]1.CCc1cc2c(-c3ccc(C(C)(C)C)cc3)cccc2[cH-]1.C[Si]C.[Hf]. The molecule has 2 heteroatoms. The molecular weight excluding hydrogens is 735 g/mol. The standard InChI is InChI=1S/2C21H23.C2H6Si.Hf/c2*1-5-15-13-17-7-6-8-19(20(17)14-15)16-9-11-18(12-10-16)21(2,3)4;1-3-2;/h2*6-14H,5H2,1-4H3;1-2H3;/q2*-1;;. The second-order valence-corrected chi connectivity index (χ2v) is 15.2. The summed E-state index contributed by atoms with van der Waals surface area (Å²) in [6.45, 7) is 22.3. The molecule has 2 radical (unpaired) electrons. The molecule has 0 spiro atoms. The summed E-state index contributed by atoms with van der Waals surface area (Å²) < 4.78 is 0. The Kier molecular flexibility index (Phi) is 13.4. The predicted octanol–water partition coefficient (Wildman–Crippen LogP) is 13.0. The van der Waals surface area contributed by atoms with Crippen LogP contribution in [0.2, 0.25) is 13.1 Å². The van der Waals surface area contributed by atoms with Gasteiger partial charge in [-0.2, -0.15) is 12.1 Å². The van der Waals surface area contributed by atoms with Crippen molar-refractivity contribution in [2.75, 3.05) is 0 Å². The smallest absolute Gasteiger partial charge is 0.0307 e. The number of aryl methyl sites for hydroxylation is 2. The first kappa shape index (κ1) is 37.6. The average molecular weight is 787 g/mol. The average Bonchev–Trinajstić information content (AvgIpc) is 3.65. The van der Waals surface area contributed by atoms with Crippen LogP contribution in [-0.2, 0) is 49.5 Å². The molecule has 0 atom stereocenters. The predicted molar refractivity (Wildman–Crippen MR) is 204 cm³/mol. The zero-order chi connectivity index (χ0) is 32.8. The Hall–Kier alpha value is -2.81. The Bertz CT molecular complexity index is 1660. The fourth-order valence-electron chi connectivity index (χ4n) is 5.80. The maximum Gasteiger partial charge on any atom is 0.0307 e. The monoisotopic (exact) mass is 788 g/mol. The third-order valence-electron chi connectivity index (χ3n) is 8.56. The fraction of sp³-hybridized carbons (Fsp3) is 0.318. The summed E-state index contributed by atoms with van der Waals surface area (Å²) >= 11 is 0. The van der Waals surface area contributed by atoms with Crippen molar-refractivity contribution in [2.45, 2.75) is 92.2 Å². The van der Waals surface area contributed by atoms with E-state index >= 15 is 0 Å². The first-order chi connectivity index (χ1) is 21.4. The van der Waals surface area contributed by atoms with Crippen LogP contribution in [0.25, 0.3) is 43.8 Å². The molecule has 6 aromatic carbocycles. The van der Waals surface area contributed by atoms with Crippen LogP contribution in [0.3, 0.4) is 0 Å². The van der Waals surface area contributed by atoms with Gasteiger partial charge in [-0.25, -0.2) is 0 Å². The molecule has 0 heterocycles. The summed E-state index contributed by atoms with van der Waals surface area (Å²) in [5, 5.41) is 5.45. The molecule has 0 aliphatic carbocycles. The van der Waals surface area contributed by atoms with Crippen molar-refractivity contribution in [3.05, 3.63) is 131 Å². The van der Waals surface area contributed by atoms with Crippen LogP contribution in [0.15, 0.2) is 109 Å². The number of fused-ring (bicyclic) bond motifs is 2. The van der Waals surface area contributed by atoms with E-state index in [4.69, 9.17) is 0 Å². The zero-order valence-corrected chi connectivity index (χ0v) is 34.4. The van der Waals surface area contributed by atoms with Gasteiger partial charge in [0.05, 0.1) is 0 Å². The minimum Gasteiger partial charge on any atom is -0.164 e. The molecule has 238 valence electrons. The molecule has 0 aliphatic rings. The molecule has 0 amide bonds. The number of hydrogen-bond acceptors (Lipinski definition) is 0. The number of hydrogen-bond donors (Lipinski definition) is 0. The van der Waals surface area contributed by atoms with Crippen molar-refractivity contribution in [1.29, 1.82) is 0 Å². The minimum absolute atomic E-state index is 0. The van der Waals surface area contributed by atoms with Crippen molar-refractivity contribution in [3.63, 3.8) is 0 Å². The molecule has 0 saturated carbocycles. The van der Waals surface area contributed by atoms with E-state index in [0.29, 0.717) is 0 Å². The molecular formula is C44H52HfSi-2. The van der Waals surface area contributed by atoms with Gasteiger partial charge >= 0.3 is 0 Å². The molecule has 46 heavy (non-hydrogen) atoms. The first-order valence-electron chi connectivity index (χ1n) is 16.6. The second kappa shape index (κ2) is 16.3. The van der Waals surface area contributed by atoms with Crippen LogP contribution in [0.4, 0.5) is 0 Å². The van der Waals surface area contributed by atoms with Crippen LogP contribution >= 0.6 is 0 Å². The Balaban J connectivity index is 0.000000226. The van der Waals surface area contributed by atoms with Gasteiger partial charge in [-0.05, 0) is 45.9 Å². The quantitative estimate of drug-likeness (QED) is 0.123. The van der Waals surface area contributed by atoms with Crippen LogP contribution in [-0.4, -0.2) is 9.52 Å². The summed E-state index contributed by atoms with van der Waals surface area (Å²) in [5.41, 5.74) is 11.3. The van der Waals surface area contributed by atoms with Gasteiger partial charge in [-0.1, -0.05) is 140 Å². The molecule has 6 rings (SSSR count). The van der Waals surface area contributed by atoms with E-state index < -0.39 is 0 Å². The molecule has 0 N–H and O–H groups in total. The van der Waals surface area contributed by atoms with Crippen LogP contribution in [0.5, 0.6) is 0 Å². The molecule has 0 fully saturated rings. The third kappa shape index (κ3) is 9.17. The maximum atomic E-state index is 2.34. The van der Waals surface area contributed by atoms with E-state index in [1.54, 1.807) is 0 Å². The van der Waals surface area contributed by atoms with E-state index in [9.17, 15) is 0 Å². The third-order valence-corrected chi connectivity index (χ3v) is 8.56. The van der Waals surface area contributed by atoms with Crippen LogP contribution in [0.1, 0.15) is 77.6 Å². The van der Waals surface area contributed by atoms with Gasteiger partial charge in [0.15, 0.2) is 0 Å². The Morgan fingerprint density at radius 1 is 0.522 bits per heavy atom. The fourth-order valence-corrected chi connectivity index (χ4v) is 5.80. The summed E-state index contributed by atoms with van der Waals surface area (Å²) in [6.07, 6.45) is 2.19. The Morgan fingerprint density at radius 2 is 0.848 bits per heavy atom. The van der Waals surface area contributed by atoms with Crippen molar-refractivity contribution in [1.82, 2.24) is 0 Å². The molecule has 0 saturated heterocycles. The van der Waals surface area contributed by atoms with E-state index in [0.717, 1.165) is 22.4 Å². The van der Waals surface area contributed by atoms with Crippen molar-refractivity contribution in [3.8, 4) is 22.3 Å². The van der Waals surface area contributed by atoms with E-state index in [-0.39, 0.29) is 36.7 Å². The van der Waals surface area contributed by atoms with E-state index in [2.05, 4.69) is 178 Å². The van der Waals surface area contributed by atoms with Crippen molar-refractivity contribution < 1.29 is 25.8 Å². The molecule has 0 nitrogen and oxygen atoms in total. The van der Waals surface area contributed by atoms with Crippen LogP contribution < -0.4 is 0 Å². The van der Waals surface area contributed by atoms with E-state index in [1.165, 1.54) is 66.1 Å². The topological polar surface area (TPSA) is 0 Å². The largest absolute Gasteiger partial charge is 0.164 e. The zero-order valence-electron chi connectivity index (χ0n) is 29.8. The van der Waals surface area contributed by atoms with E-state index in [1.807, 2.05) is 0 Å². The number of rotatable bonds is 4. The van der Waals surface area contributed by atoms with Crippen molar-refractivity contribution in [2.24, 2.45) is 0 Å². The summed E-state index contributed by atoms with van der Waals surface area (Å²) in [7, 11) is 1.08. The Labute approximate surface area is 301 Å². The first-order valence-corrected chi connectivity index (χ1v) is 18.6. The number of benzene rings is 4. The van der Waals surface area contributed by atoms with Gasteiger partial charge in [0.25, 0.3) is 0 Å². The summed E-state index contributed by atoms with van der Waals surface area (Å²) in [5.74, 6) is 0. The van der Waals surface area contributed by atoms with Crippen molar-refractivity contribution >= 4 is 31.1 Å². The molecule has 0 unspecified atom stereocenters. The van der Waals surface area contributed by atoms with Gasteiger partial charge in [0, 0.05) is 35.4 Å². The molecule has 0 aromatic heterocycles. The second-order valence-electron chi connectivity index (χ2n) is 14.2. The van der Waals surface area contributed by atoms with Crippen LogP contribution in [0, 0.1) is 0 Å². The summed E-state index contributed by atoms with van der Waals surface area (Å²) in [4.78, 5) is 0. The van der Waals surface area contributed by atoms with Gasteiger partial charge in [-0.3, -0.25) is 0 Å². The minimum atomic E-state index is 0. The molecule has 0 bridgehead atoms. The molecule has 0 aliphatic heterocycles.